The monoisotopic (exact) mass is 442 g/mol. The summed E-state index contributed by atoms with van der Waals surface area (Å²) in [6.45, 7) is 0.635. The van der Waals surface area contributed by atoms with Gasteiger partial charge in [-0.1, -0.05) is 23.7 Å². The molecule has 1 atom stereocenters. The van der Waals surface area contributed by atoms with Gasteiger partial charge < -0.3 is 9.64 Å². The SMILES string of the molecule is COc1cccc(C(S)CC(=O)N(CC2CC2)c2cn(-c3cccnc3)nc2Cl)c1. The first-order chi connectivity index (χ1) is 14.5. The van der Waals surface area contributed by atoms with Gasteiger partial charge in [-0.3, -0.25) is 9.78 Å². The van der Waals surface area contributed by atoms with Crippen LogP contribution in [0.3, 0.4) is 0 Å². The predicted molar refractivity (Wildman–Crippen MR) is 121 cm³/mol. The first-order valence-corrected chi connectivity index (χ1v) is 10.7. The molecule has 1 unspecified atom stereocenters. The molecule has 2 aromatic heterocycles. The molecule has 0 radical (unpaired) electrons. The third-order valence-electron chi connectivity index (χ3n) is 5.14. The van der Waals surface area contributed by atoms with Crippen LogP contribution in [-0.4, -0.2) is 34.3 Å². The second-order valence-electron chi connectivity index (χ2n) is 7.41. The Morgan fingerprint density at radius 1 is 1.37 bits per heavy atom. The number of aromatic nitrogens is 3. The number of amides is 1. The summed E-state index contributed by atoms with van der Waals surface area (Å²) in [5.74, 6) is 1.22. The second-order valence-corrected chi connectivity index (χ2v) is 8.39. The number of pyridine rings is 1. The molecule has 0 spiro atoms. The summed E-state index contributed by atoms with van der Waals surface area (Å²) < 4.78 is 6.94. The zero-order valence-electron chi connectivity index (χ0n) is 16.6. The number of benzene rings is 1. The van der Waals surface area contributed by atoms with Crippen molar-refractivity contribution < 1.29 is 9.53 Å². The van der Waals surface area contributed by atoms with E-state index in [1.54, 1.807) is 35.3 Å². The van der Waals surface area contributed by atoms with Crippen LogP contribution in [0.25, 0.3) is 5.69 Å². The first kappa shape index (κ1) is 20.8. The molecule has 3 aromatic rings. The highest BCUT2D eigenvalue weighted by molar-refractivity contribution is 7.80. The number of rotatable bonds is 8. The Morgan fingerprint density at radius 2 is 2.20 bits per heavy atom. The van der Waals surface area contributed by atoms with Crippen LogP contribution >= 0.6 is 24.2 Å². The van der Waals surface area contributed by atoms with Gasteiger partial charge >= 0.3 is 0 Å². The Balaban J connectivity index is 1.56. The lowest BCUT2D eigenvalue weighted by Crippen LogP contribution is -2.33. The summed E-state index contributed by atoms with van der Waals surface area (Å²) in [7, 11) is 1.62. The molecule has 30 heavy (non-hydrogen) atoms. The third kappa shape index (κ3) is 4.79. The lowest BCUT2D eigenvalue weighted by atomic mass is 10.1. The van der Waals surface area contributed by atoms with Crippen LogP contribution in [0.2, 0.25) is 5.15 Å². The fourth-order valence-electron chi connectivity index (χ4n) is 3.28. The number of anilines is 1. The van der Waals surface area contributed by atoms with Gasteiger partial charge in [-0.25, -0.2) is 4.68 Å². The first-order valence-electron chi connectivity index (χ1n) is 9.83. The Hall–Kier alpha value is -2.51. The standard InChI is InChI=1S/C22H23ClN4O2S/c1-29-18-6-2-4-16(10-18)20(30)11-21(28)26(13-15-7-8-15)19-14-27(25-22(19)23)17-5-3-9-24-12-17/h2-6,9-10,12,14-15,20,30H,7-8,11,13H2,1H3. The van der Waals surface area contributed by atoms with Crippen molar-refractivity contribution in [2.24, 2.45) is 5.92 Å². The van der Waals surface area contributed by atoms with Crippen LogP contribution in [-0.2, 0) is 4.79 Å². The van der Waals surface area contributed by atoms with Crippen LogP contribution in [0.5, 0.6) is 5.75 Å². The van der Waals surface area contributed by atoms with Gasteiger partial charge in [0.05, 0.1) is 25.2 Å². The molecule has 1 aliphatic carbocycles. The molecule has 1 aliphatic rings. The summed E-state index contributed by atoms with van der Waals surface area (Å²) in [5, 5.41) is 4.43. The van der Waals surface area contributed by atoms with E-state index in [0.717, 1.165) is 29.8 Å². The van der Waals surface area contributed by atoms with E-state index in [1.807, 2.05) is 36.4 Å². The summed E-state index contributed by atoms with van der Waals surface area (Å²) in [4.78, 5) is 19.2. The molecule has 1 amide bonds. The van der Waals surface area contributed by atoms with Crippen molar-refractivity contribution >= 4 is 35.8 Å². The molecule has 4 rings (SSSR count). The van der Waals surface area contributed by atoms with Crippen LogP contribution in [0.15, 0.2) is 55.0 Å². The number of hydrogen-bond donors (Lipinski definition) is 1. The van der Waals surface area contributed by atoms with E-state index in [2.05, 4.69) is 22.7 Å². The number of ether oxygens (including phenoxy) is 1. The molecule has 6 nitrogen and oxygen atoms in total. The van der Waals surface area contributed by atoms with E-state index in [1.165, 1.54) is 0 Å². The van der Waals surface area contributed by atoms with Gasteiger partial charge in [0, 0.05) is 24.4 Å². The highest BCUT2D eigenvalue weighted by atomic mass is 35.5. The van der Waals surface area contributed by atoms with Gasteiger partial charge in [-0.2, -0.15) is 17.7 Å². The van der Waals surface area contributed by atoms with E-state index in [-0.39, 0.29) is 17.6 Å². The largest absolute Gasteiger partial charge is 0.497 e. The molecule has 0 bridgehead atoms. The van der Waals surface area contributed by atoms with Crippen LogP contribution in [0.1, 0.15) is 30.1 Å². The van der Waals surface area contributed by atoms with Crippen molar-refractivity contribution in [2.45, 2.75) is 24.5 Å². The smallest absolute Gasteiger partial charge is 0.228 e. The fraction of sp³-hybridized carbons (Fsp3) is 0.318. The van der Waals surface area contributed by atoms with E-state index in [9.17, 15) is 4.79 Å². The molecule has 1 fully saturated rings. The number of carbonyl (C=O) groups excluding carboxylic acids is 1. The molecule has 0 saturated heterocycles. The topological polar surface area (TPSA) is 60.2 Å². The van der Waals surface area contributed by atoms with Crippen LogP contribution in [0.4, 0.5) is 5.69 Å². The maximum absolute atomic E-state index is 13.3. The molecule has 1 aromatic carbocycles. The summed E-state index contributed by atoms with van der Waals surface area (Å²) in [6, 6.07) is 11.4. The lowest BCUT2D eigenvalue weighted by Gasteiger charge is -2.23. The minimum absolute atomic E-state index is 0.0302. The van der Waals surface area contributed by atoms with Crippen molar-refractivity contribution in [3.63, 3.8) is 0 Å². The Bertz CT molecular complexity index is 1020. The van der Waals surface area contributed by atoms with Gasteiger partial charge in [0.2, 0.25) is 5.91 Å². The van der Waals surface area contributed by atoms with Gasteiger partial charge in [-0.05, 0) is 48.6 Å². The van der Waals surface area contributed by atoms with Crippen molar-refractivity contribution in [3.8, 4) is 11.4 Å². The highest BCUT2D eigenvalue weighted by Gasteiger charge is 2.31. The minimum atomic E-state index is -0.249. The number of nitrogens with zero attached hydrogens (tertiary/aromatic N) is 4. The summed E-state index contributed by atoms with van der Waals surface area (Å²) in [6.07, 6.45) is 7.68. The van der Waals surface area contributed by atoms with Crippen LogP contribution < -0.4 is 9.64 Å². The molecule has 0 N–H and O–H groups in total. The van der Waals surface area contributed by atoms with Gasteiger partial charge in [0.15, 0.2) is 5.15 Å². The Kier molecular flexibility index (Phi) is 6.29. The molecular weight excluding hydrogens is 420 g/mol. The van der Waals surface area contributed by atoms with Gasteiger partial charge in [0.1, 0.15) is 11.4 Å². The molecular formula is C22H23ClN4O2S. The second kappa shape index (κ2) is 9.10. The lowest BCUT2D eigenvalue weighted by molar-refractivity contribution is -0.118. The Morgan fingerprint density at radius 3 is 2.90 bits per heavy atom. The molecule has 8 heteroatoms. The average molecular weight is 443 g/mol. The summed E-state index contributed by atoms with van der Waals surface area (Å²) in [5.41, 5.74) is 2.34. The maximum Gasteiger partial charge on any atom is 0.228 e. The predicted octanol–water partition coefficient (Wildman–Crippen LogP) is 4.73. The fourth-order valence-corrected chi connectivity index (χ4v) is 3.83. The van der Waals surface area contributed by atoms with E-state index in [0.29, 0.717) is 23.3 Å². The summed E-state index contributed by atoms with van der Waals surface area (Å²) >= 11 is 11.1. The molecule has 1 saturated carbocycles. The molecule has 156 valence electrons. The van der Waals surface area contributed by atoms with Crippen molar-refractivity contribution in [1.29, 1.82) is 0 Å². The number of thiol groups is 1. The van der Waals surface area contributed by atoms with Crippen molar-refractivity contribution in [3.05, 3.63) is 65.7 Å². The average Bonchev–Trinajstić information content (AvgIpc) is 3.52. The van der Waals surface area contributed by atoms with Crippen molar-refractivity contribution in [1.82, 2.24) is 14.8 Å². The van der Waals surface area contributed by atoms with E-state index < -0.39 is 0 Å². The van der Waals surface area contributed by atoms with E-state index >= 15 is 0 Å². The number of methoxy groups -OCH3 is 1. The number of hydrogen-bond acceptors (Lipinski definition) is 5. The van der Waals surface area contributed by atoms with Crippen molar-refractivity contribution in [2.75, 3.05) is 18.6 Å². The Labute approximate surface area is 186 Å². The van der Waals surface area contributed by atoms with Gasteiger partial charge in [-0.15, -0.1) is 0 Å². The normalized spacial score (nSPS) is 14.4. The van der Waals surface area contributed by atoms with Gasteiger partial charge in [0.25, 0.3) is 0 Å². The number of carbonyl (C=O) groups is 1. The molecule has 0 aliphatic heterocycles. The molecule has 2 heterocycles. The van der Waals surface area contributed by atoms with E-state index in [4.69, 9.17) is 16.3 Å². The maximum atomic E-state index is 13.3. The minimum Gasteiger partial charge on any atom is -0.497 e. The zero-order chi connectivity index (χ0) is 21.1. The quantitative estimate of drug-likeness (QED) is 0.512. The third-order valence-corrected chi connectivity index (χ3v) is 5.89. The number of halogens is 1. The zero-order valence-corrected chi connectivity index (χ0v) is 18.3. The van der Waals surface area contributed by atoms with Crippen LogP contribution in [0, 0.1) is 5.92 Å². The highest BCUT2D eigenvalue weighted by Crippen LogP contribution is 2.36.